The van der Waals surface area contributed by atoms with Gasteiger partial charge in [-0.15, -0.1) is 0 Å². The van der Waals surface area contributed by atoms with Crippen molar-refractivity contribution in [3.05, 3.63) is 58.4 Å². The normalized spacial score (nSPS) is 16.8. The minimum atomic E-state index is -0.104. The molecule has 1 fully saturated rings. The van der Waals surface area contributed by atoms with Crippen molar-refractivity contribution in [2.45, 2.75) is 32.7 Å². The predicted octanol–water partition coefficient (Wildman–Crippen LogP) is 2.42. The summed E-state index contributed by atoms with van der Waals surface area (Å²) >= 11 is 0. The van der Waals surface area contributed by atoms with Gasteiger partial charge in [-0.25, -0.2) is 9.50 Å². The highest BCUT2D eigenvalue weighted by Crippen LogP contribution is 2.24. The van der Waals surface area contributed by atoms with Gasteiger partial charge >= 0.3 is 0 Å². The standard InChI is InChI=1S/C23H27N7O/c1-5-18-21-10-20(26-30(21)12-15(2)24-18)19-11-23(31)29-14-17(6-7-22(29)25-19)28-9-8-16(13-28)27(3)4/h6-7,10-12,14,16H,5,8-9,13H2,1-4H3/t16-/m0/s1. The lowest BCUT2D eigenvalue weighted by Gasteiger charge is -2.22. The highest BCUT2D eigenvalue weighted by Gasteiger charge is 2.24. The Bertz CT molecular complexity index is 1340. The SMILES string of the molecule is CCc1nc(C)cn2nc(-c3cc(=O)n4cc(N5CC[C@H](N(C)C)C5)ccc4n3)cc12. The third kappa shape index (κ3) is 3.46. The number of likely N-dealkylation sites (N-methyl/N-ethyl adjacent to an activating group) is 1. The van der Waals surface area contributed by atoms with Crippen molar-refractivity contribution in [1.29, 1.82) is 0 Å². The van der Waals surface area contributed by atoms with Gasteiger partial charge in [-0.1, -0.05) is 6.92 Å². The van der Waals surface area contributed by atoms with E-state index in [1.807, 2.05) is 36.0 Å². The summed E-state index contributed by atoms with van der Waals surface area (Å²) in [6, 6.07) is 8.03. The molecule has 8 nitrogen and oxygen atoms in total. The summed E-state index contributed by atoms with van der Waals surface area (Å²) in [4.78, 5) is 26.9. The molecule has 1 aliphatic heterocycles. The van der Waals surface area contributed by atoms with Crippen molar-refractivity contribution in [2.24, 2.45) is 0 Å². The second kappa shape index (κ2) is 7.46. The Morgan fingerprint density at radius 1 is 1.13 bits per heavy atom. The van der Waals surface area contributed by atoms with Crippen LogP contribution in [0.5, 0.6) is 0 Å². The van der Waals surface area contributed by atoms with Crippen LogP contribution in [-0.4, -0.2) is 62.1 Å². The van der Waals surface area contributed by atoms with Gasteiger partial charge in [-0.3, -0.25) is 14.2 Å². The van der Waals surface area contributed by atoms with Gasteiger partial charge in [0.1, 0.15) is 11.3 Å². The zero-order valence-electron chi connectivity index (χ0n) is 18.4. The zero-order chi connectivity index (χ0) is 21.7. The van der Waals surface area contributed by atoms with E-state index in [0.717, 1.165) is 48.5 Å². The molecule has 5 rings (SSSR count). The lowest BCUT2D eigenvalue weighted by Crippen LogP contribution is -2.31. The summed E-state index contributed by atoms with van der Waals surface area (Å²) < 4.78 is 3.46. The van der Waals surface area contributed by atoms with Crippen molar-refractivity contribution in [3.63, 3.8) is 0 Å². The van der Waals surface area contributed by atoms with Crippen LogP contribution >= 0.6 is 0 Å². The molecule has 0 aliphatic carbocycles. The summed E-state index contributed by atoms with van der Waals surface area (Å²) in [6.07, 6.45) is 5.74. The van der Waals surface area contributed by atoms with Gasteiger partial charge in [0.05, 0.1) is 34.5 Å². The van der Waals surface area contributed by atoms with Crippen LogP contribution < -0.4 is 10.5 Å². The largest absolute Gasteiger partial charge is 0.369 e. The summed E-state index contributed by atoms with van der Waals surface area (Å²) in [6.45, 7) is 5.99. The third-order valence-electron chi connectivity index (χ3n) is 6.15. The van der Waals surface area contributed by atoms with E-state index in [9.17, 15) is 4.79 Å². The van der Waals surface area contributed by atoms with Crippen LogP contribution in [0, 0.1) is 6.92 Å². The van der Waals surface area contributed by atoms with Crippen LogP contribution in [0.2, 0.25) is 0 Å². The minimum Gasteiger partial charge on any atom is -0.369 e. The summed E-state index contributed by atoms with van der Waals surface area (Å²) in [7, 11) is 4.23. The molecule has 0 saturated carbocycles. The molecular weight excluding hydrogens is 390 g/mol. The van der Waals surface area contributed by atoms with Gasteiger partial charge < -0.3 is 9.80 Å². The molecule has 0 spiro atoms. The van der Waals surface area contributed by atoms with E-state index in [-0.39, 0.29) is 5.56 Å². The fourth-order valence-electron chi connectivity index (χ4n) is 4.38. The maximum absolute atomic E-state index is 13.0. The number of fused-ring (bicyclic) bond motifs is 2. The fraction of sp³-hybridized carbons (Fsp3) is 0.391. The fourth-order valence-corrected chi connectivity index (χ4v) is 4.38. The van der Waals surface area contributed by atoms with Gasteiger partial charge in [0.25, 0.3) is 5.56 Å². The van der Waals surface area contributed by atoms with E-state index in [1.54, 1.807) is 10.5 Å². The smallest absolute Gasteiger partial charge is 0.258 e. The van der Waals surface area contributed by atoms with E-state index >= 15 is 0 Å². The second-order valence-corrected chi connectivity index (χ2v) is 8.49. The molecule has 1 atom stereocenters. The van der Waals surface area contributed by atoms with E-state index in [0.29, 0.717) is 23.1 Å². The van der Waals surface area contributed by atoms with Crippen molar-refractivity contribution in [3.8, 4) is 11.4 Å². The van der Waals surface area contributed by atoms with Gasteiger partial charge in [0.2, 0.25) is 0 Å². The van der Waals surface area contributed by atoms with Gasteiger partial charge in [0, 0.05) is 31.4 Å². The average molecular weight is 418 g/mol. The van der Waals surface area contributed by atoms with Crippen LogP contribution in [-0.2, 0) is 6.42 Å². The van der Waals surface area contributed by atoms with Crippen molar-refractivity contribution < 1.29 is 0 Å². The number of nitrogens with zero attached hydrogens (tertiary/aromatic N) is 7. The molecule has 4 aromatic heterocycles. The number of aryl methyl sites for hydroxylation is 2. The number of hydrogen-bond donors (Lipinski definition) is 0. The van der Waals surface area contributed by atoms with E-state index in [1.165, 1.54) is 0 Å². The topological polar surface area (TPSA) is 71.0 Å². The van der Waals surface area contributed by atoms with Crippen LogP contribution in [0.3, 0.4) is 0 Å². The zero-order valence-corrected chi connectivity index (χ0v) is 18.4. The summed E-state index contributed by atoms with van der Waals surface area (Å²) in [5.41, 5.74) is 5.68. The molecular formula is C23H27N7O. The van der Waals surface area contributed by atoms with Crippen LogP contribution in [0.1, 0.15) is 24.7 Å². The van der Waals surface area contributed by atoms with Gasteiger partial charge in [0.15, 0.2) is 0 Å². The Labute approximate surface area is 180 Å². The maximum Gasteiger partial charge on any atom is 0.258 e. The molecule has 8 heteroatoms. The molecule has 0 aromatic carbocycles. The molecule has 0 bridgehead atoms. The summed E-state index contributed by atoms with van der Waals surface area (Å²) in [5.74, 6) is 0. The predicted molar refractivity (Wildman–Crippen MR) is 122 cm³/mol. The molecule has 31 heavy (non-hydrogen) atoms. The first kappa shape index (κ1) is 19.7. The monoisotopic (exact) mass is 417 g/mol. The number of rotatable bonds is 4. The van der Waals surface area contributed by atoms with E-state index in [2.05, 4.69) is 47.0 Å². The van der Waals surface area contributed by atoms with Crippen LogP contribution in [0.4, 0.5) is 5.69 Å². The van der Waals surface area contributed by atoms with Crippen molar-refractivity contribution in [1.82, 2.24) is 28.9 Å². The first-order valence-electron chi connectivity index (χ1n) is 10.7. The van der Waals surface area contributed by atoms with Crippen LogP contribution in [0.15, 0.2) is 41.5 Å². The Morgan fingerprint density at radius 2 is 1.97 bits per heavy atom. The lowest BCUT2D eigenvalue weighted by atomic mass is 10.2. The molecule has 1 saturated heterocycles. The first-order chi connectivity index (χ1) is 14.9. The highest BCUT2D eigenvalue weighted by atomic mass is 16.1. The number of aromatic nitrogens is 5. The highest BCUT2D eigenvalue weighted by molar-refractivity contribution is 5.66. The molecule has 0 amide bonds. The molecule has 0 radical (unpaired) electrons. The third-order valence-corrected chi connectivity index (χ3v) is 6.15. The second-order valence-electron chi connectivity index (χ2n) is 8.49. The Balaban J connectivity index is 1.54. The quantitative estimate of drug-likeness (QED) is 0.508. The Kier molecular flexibility index (Phi) is 4.74. The number of pyridine rings is 1. The number of hydrogen-bond acceptors (Lipinski definition) is 6. The summed E-state index contributed by atoms with van der Waals surface area (Å²) in [5, 5.41) is 4.66. The van der Waals surface area contributed by atoms with Gasteiger partial charge in [-0.05, 0) is 52.1 Å². The molecule has 0 N–H and O–H groups in total. The molecule has 4 aromatic rings. The lowest BCUT2D eigenvalue weighted by molar-refractivity contribution is 0.315. The molecule has 0 unspecified atom stereocenters. The number of anilines is 1. The van der Waals surface area contributed by atoms with E-state index in [4.69, 9.17) is 4.98 Å². The molecule has 5 heterocycles. The van der Waals surface area contributed by atoms with Crippen molar-refractivity contribution >= 4 is 16.9 Å². The molecule has 1 aliphatic rings. The average Bonchev–Trinajstić information content (AvgIpc) is 3.40. The first-order valence-corrected chi connectivity index (χ1v) is 10.7. The van der Waals surface area contributed by atoms with E-state index < -0.39 is 0 Å². The maximum atomic E-state index is 13.0. The van der Waals surface area contributed by atoms with Gasteiger partial charge in [-0.2, -0.15) is 5.10 Å². The minimum absolute atomic E-state index is 0.104. The van der Waals surface area contributed by atoms with Crippen LogP contribution in [0.25, 0.3) is 22.6 Å². The molecule has 160 valence electrons. The Hall–Kier alpha value is -3.26. The Morgan fingerprint density at radius 3 is 2.71 bits per heavy atom. The van der Waals surface area contributed by atoms with Crippen molar-refractivity contribution in [2.75, 3.05) is 32.1 Å².